The summed E-state index contributed by atoms with van der Waals surface area (Å²) in [6, 6.07) is 0. The maximum Gasteiger partial charge on any atom is 0.134 e. The standard InChI is InChI=1S/C7H16N4/c1-7(2)4-3-5-9-6-10-11-8/h6-7H,3-5H2,1-2H3,(H2,8,9,10). The van der Waals surface area contributed by atoms with E-state index in [2.05, 4.69) is 29.2 Å². The van der Waals surface area contributed by atoms with Gasteiger partial charge in [-0.05, 0) is 18.8 Å². The van der Waals surface area contributed by atoms with Gasteiger partial charge in [-0.2, -0.15) is 0 Å². The van der Waals surface area contributed by atoms with Gasteiger partial charge in [-0.25, -0.2) is 0 Å². The predicted molar refractivity (Wildman–Crippen MR) is 46.5 cm³/mol. The highest BCUT2D eigenvalue weighted by atomic mass is 15.3. The maximum absolute atomic E-state index is 4.76. The molecule has 0 aliphatic heterocycles. The summed E-state index contributed by atoms with van der Waals surface area (Å²) in [7, 11) is 0. The van der Waals surface area contributed by atoms with Crippen LogP contribution in [-0.4, -0.2) is 12.9 Å². The van der Waals surface area contributed by atoms with Crippen LogP contribution in [-0.2, 0) is 0 Å². The number of nitrogens with two attached hydrogens (primary N) is 1. The summed E-state index contributed by atoms with van der Waals surface area (Å²) in [5, 5.41) is 6.44. The Morgan fingerprint density at radius 2 is 2.18 bits per heavy atom. The van der Waals surface area contributed by atoms with Gasteiger partial charge in [0.2, 0.25) is 0 Å². The molecule has 0 aromatic carbocycles. The van der Waals surface area contributed by atoms with Gasteiger partial charge in [0.1, 0.15) is 6.34 Å². The monoisotopic (exact) mass is 156 g/mol. The van der Waals surface area contributed by atoms with Crippen molar-refractivity contribution in [3.8, 4) is 0 Å². The van der Waals surface area contributed by atoms with Crippen LogP contribution in [0.3, 0.4) is 0 Å². The van der Waals surface area contributed by atoms with Crippen LogP contribution in [0.1, 0.15) is 26.7 Å². The van der Waals surface area contributed by atoms with E-state index in [4.69, 9.17) is 5.84 Å². The Balaban J connectivity index is 3.14. The molecule has 4 nitrogen and oxygen atoms in total. The fourth-order valence-corrected chi connectivity index (χ4v) is 0.715. The Morgan fingerprint density at radius 3 is 2.73 bits per heavy atom. The second kappa shape index (κ2) is 7.18. The molecule has 0 aromatic rings. The van der Waals surface area contributed by atoms with E-state index >= 15 is 0 Å². The van der Waals surface area contributed by atoms with Crippen LogP contribution < -0.4 is 5.84 Å². The first-order valence-electron chi connectivity index (χ1n) is 3.85. The van der Waals surface area contributed by atoms with Crippen LogP contribution in [0.25, 0.3) is 0 Å². The number of hydrogen-bond acceptors (Lipinski definition) is 2. The highest BCUT2D eigenvalue weighted by Crippen LogP contribution is 2.02. The summed E-state index contributed by atoms with van der Waals surface area (Å²) in [4.78, 5) is 3.97. The van der Waals surface area contributed by atoms with E-state index in [9.17, 15) is 0 Å². The summed E-state index contributed by atoms with van der Waals surface area (Å²) in [5.41, 5.74) is 0. The van der Waals surface area contributed by atoms with Gasteiger partial charge in [0.15, 0.2) is 0 Å². The number of rotatable bonds is 5. The molecule has 0 bridgehead atoms. The van der Waals surface area contributed by atoms with E-state index in [-0.39, 0.29) is 0 Å². The van der Waals surface area contributed by atoms with Crippen LogP contribution in [0.15, 0.2) is 15.3 Å². The molecule has 0 aliphatic rings. The SMILES string of the molecule is CC(C)CCCN=CN=NN. The van der Waals surface area contributed by atoms with E-state index in [1.54, 1.807) is 0 Å². The minimum Gasteiger partial charge on any atom is -0.305 e. The third kappa shape index (κ3) is 9.07. The third-order valence-electron chi connectivity index (χ3n) is 1.27. The third-order valence-corrected chi connectivity index (χ3v) is 1.27. The molecule has 4 heteroatoms. The highest BCUT2D eigenvalue weighted by molar-refractivity contribution is 5.54. The summed E-state index contributed by atoms with van der Waals surface area (Å²) >= 11 is 0. The minimum absolute atomic E-state index is 0.751. The smallest absolute Gasteiger partial charge is 0.134 e. The fraction of sp³-hybridized carbons (Fsp3) is 0.857. The minimum atomic E-state index is 0.751. The molecule has 0 saturated heterocycles. The van der Waals surface area contributed by atoms with Crippen molar-refractivity contribution in [2.45, 2.75) is 26.7 Å². The van der Waals surface area contributed by atoms with Gasteiger partial charge in [0.25, 0.3) is 0 Å². The van der Waals surface area contributed by atoms with E-state index in [1.165, 1.54) is 12.8 Å². The lowest BCUT2D eigenvalue weighted by molar-refractivity contribution is 0.562. The highest BCUT2D eigenvalue weighted by Gasteiger charge is 1.90. The normalized spacial score (nSPS) is 12.3. The van der Waals surface area contributed by atoms with Crippen LogP contribution >= 0.6 is 0 Å². The summed E-state index contributed by atoms with van der Waals surface area (Å²) < 4.78 is 0. The van der Waals surface area contributed by atoms with Crippen LogP contribution in [0.5, 0.6) is 0 Å². The number of hydrogen-bond donors (Lipinski definition) is 1. The molecule has 0 fully saturated rings. The zero-order valence-electron chi connectivity index (χ0n) is 7.20. The van der Waals surface area contributed by atoms with Crippen molar-refractivity contribution in [3.05, 3.63) is 0 Å². The van der Waals surface area contributed by atoms with Gasteiger partial charge in [-0.3, -0.25) is 4.99 Å². The fourth-order valence-electron chi connectivity index (χ4n) is 0.715. The zero-order valence-corrected chi connectivity index (χ0v) is 7.20. The predicted octanol–water partition coefficient (Wildman–Crippen LogP) is 1.78. The van der Waals surface area contributed by atoms with Crippen molar-refractivity contribution in [1.29, 1.82) is 0 Å². The van der Waals surface area contributed by atoms with Gasteiger partial charge in [0.05, 0.1) is 0 Å². The Kier molecular flexibility index (Phi) is 6.57. The van der Waals surface area contributed by atoms with Crippen molar-refractivity contribution in [1.82, 2.24) is 0 Å². The first-order valence-corrected chi connectivity index (χ1v) is 3.85. The average Bonchev–Trinajstić information content (AvgIpc) is 1.96. The van der Waals surface area contributed by atoms with Crippen molar-refractivity contribution in [2.24, 2.45) is 27.1 Å². The van der Waals surface area contributed by atoms with Crippen molar-refractivity contribution >= 4 is 6.34 Å². The first kappa shape index (κ1) is 10.1. The second-order valence-electron chi connectivity index (χ2n) is 2.79. The lowest BCUT2D eigenvalue weighted by atomic mass is 10.1. The van der Waals surface area contributed by atoms with Gasteiger partial charge in [-0.15, -0.1) is 5.11 Å². The molecule has 0 unspecified atom stereocenters. The molecule has 64 valence electrons. The molecule has 0 saturated carbocycles. The molecule has 0 aromatic heterocycles. The summed E-state index contributed by atoms with van der Waals surface area (Å²) in [5.74, 6) is 5.51. The molecule has 0 spiro atoms. The largest absolute Gasteiger partial charge is 0.305 e. The molecule has 0 heterocycles. The van der Waals surface area contributed by atoms with Crippen molar-refractivity contribution in [2.75, 3.05) is 6.54 Å². The lowest BCUT2D eigenvalue weighted by Gasteiger charge is -1.99. The topological polar surface area (TPSA) is 63.1 Å². The molecule has 0 amide bonds. The Bertz CT molecular complexity index is 128. The van der Waals surface area contributed by atoms with Gasteiger partial charge < -0.3 is 5.84 Å². The van der Waals surface area contributed by atoms with Crippen molar-refractivity contribution in [3.63, 3.8) is 0 Å². The molecule has 0 radical (unpaired) electrons. The van der Waals surface area contributed by atoms with E-state index < -0.39 is 0 Å². The second-order valence-corrected chi connectivity index (χ2v) is 2.79. The number of nitrogens with zero attached hydrogens (tertiary/aromatic N) is 3. The van der Waals surface area contributed by atoms with Crippen LogP contribution in [0.2, 0.25) is 0 Å². The van der Waals surface area contributed by atoms with E-state index in [0.717, 1.165) is 18.9 Å². The van der Waals surface area contributed by atoms with E-state index in [0.29, 0.717) is 0 Å². The quantitative estimate of drug-likeness (QED) is 0.162. The molecule has 0 rings (SSSR count). The van der Waals surface area contributed by atoms with E-state index in [1.807, 2.05) is 0 Å². The van der Waals surface area contributed by atoms with Crippen molar-refractivity contribution < 1.29 is 0 Å². The molecule has 0 aliphatic carbocycles. The van der Waals surface area contributed by atoms with Gasteiger partial charge >= 0.3 is 0 Å². The molecule has 2 N–H and O–H groups in total. The molecule has 11 heavy (non-hydrogen) atoms. The Labute approximate surface area is 67.6 Å². The molecule has 0 atom stereocenters. The van der Waals surface area contributed by atoms with Gasteiger partial charge in [-0.1, -0.05) is 19.1 Å². The summed E-state index contributed by atoms with van der Waals surface area (Å²) in [6.07, 6.45) is 3.70. The Hall–Kier alpha value is -0.930. The number of aliphatic imine (C=N–C) groups is 1. The molecular formula is C7H16N4. The molecular weight excluding hydrogens is 140 g/mol. The maximum atomic E-state index is 4.76. The first-order chi connectivity index (χ1) is 5.27. The Morgan fingerprint density at radius 1 is 1.45 bits per heavy atom. The lowest BCUT2D eigenvalue weighted by Crippen LogP contribution is -1.89. The van der Waals surface area contributed by atoms with Gasteiger partial charge in [0, 0.05) is 6.54 Å². The average molecular weight is 156 g/mol. The van der Waals surface area contributed by atoms with Crippen LogP contribution in [0.4, 0.5) is 0 Å². The van der Waals surface area contributed by atoms with Crippen LogP contribution in [0, 0.1) is 5.92 Å². The zero-order chi connectivity index (χ0) is 8.53. The summed E-state index contributed by atoms with van der Waals surface area (Å²) in [6.45, 7) is 5.21.